The molecule has 1 aliphatic heterocycles. The zero-order chi connectivity index (χ0) is 18.1. The molecule has 0 saturated heterocycles. The van der Waals surface area contributed by atoms with Crippen molar-refractivity contribution < 1.29 is 19.2 Å². The molecule has 0 fully saturated rings. The second-order valence-electron chi connectivity index (χ2n) is 5.80. The van der Waals surface area contributed by atoms with Crippen LogP contribution < -0.4 is 9.47 Å². The number of Topliss-reactive ketones (excluding diaryl/α,β-unsaturated/α-hetero) is 1. The second-order valence-corrected chi connectivity index (χ2v) is 5.80. The second kappa shape index (κ2) is 6.33. The van der Waals surface area contributed by atoms with Crippen LogP contribution in [-0.4, -0.2) is 10.7 Å². The molecule has 6 nitrogen and oxygen atoms in total. The standard InChI is InChI=1S/C20H13NO5/c22-16-10-13-6-4-5-9-17(13)26-19-12-14(21(23)24)11-18(20(16)19)25-15-7-2-1-3-8-15/h1-9,11-12H,10H2. The van der Waals surface area contributed by atoms with Gasteiger partial charge in [-0.3, -0.25) is 14.9 Å². The summed E-state index contributed by atoms with van der Waals surface area (Å²) in [6.45, 7) is 0. The number of nitrogens with zero attached hydrogens (tertiary/aromatic N) is 1. The number of hydrogen-bond acceptors (Lipinski definition) is 5. The minimum absolute atomic E-state index is 0.109. The van der Waals surface area contributed by atoms with Gasteiger partial charge in [-0.2, -0.15) is 0 Å². The molecule has 0 spiro atoms. The lowest BCUT2D eigenvalue weighted by atomic mass is 10.0. The third kappa shape index (κ3) is 2.88. The third-order valence-corrected chi connectivity index (χ3v) is 4.05. The van der Waals surface area contributed by atoms with Gasteiger partial charge in [-0.25, -0.2) is 0 Å². The van der Waals surface area contributed by atoms with Gasteiger partial charge >= 0.3 is 0 Å². The predicted octanol–water partition coefficient (Wildman–Crippen LogP) is 4.92. The third-order valence-electron chi connectivity index (χ3n) is 4.05. The number of hydrogen-bond donors (Lipinski definition) is 0. The highest BCUT2D eigenvalue weighted by Gasteiger charge is 2.28. The highest BCUT2D eigenvalue weighted by molar-refractivity contribution is 6.04. The minimum Gasteiger partial charge on any atom is -0.456 e. The van der Waals surface area contributed by atoms with E-state index in [-0.39, 0.29) is 35.0 Å². The van der Waals surface area contributed by atoms with Crippen molar-refractivity contribution in [2.24, 2.45) is 0 Å². The van der Waals surface area contributed by atoms with E-state index in [4.69, 9.17) is 9.47 Å². The number of para-hydroxylation sites is 2. The number of ketones is 1. The lowest BCUT2D eigenvalue weighted by molar-refractivity contribution is -0.385. The van der Waals surface area contributed by atoms with Crippen LogP contribution in [0.15, 0.2) is 66.7 Å². The number of nitro benzene ring substituents is 1. The molecule has 0 aromatic heterocycles. The Hall–Kier alpha value is -3.67. The van der Waals surface area contributed by atoms with Gasteiger partial charge < -0.3 is 9.47 Å². The first-order chi connectivity index (χ1) is 12.6. The maximum atomic E-state index is 12.8. The summed E-state index contributed by atoms with van der Waals surface area (Å²) < 4.78 is 11.6. The molecule has 128 valence electrons. The van der Waals surface area contributed by atoms with E-state index in [9.17, 15) is 14.9 Å². The molecule has 0 aliphatic carbocycles. The van der Waals surface area contributed by atoms with Crippen molar-refractivity contribution in [2.45, 2.75) is 6.42 Å². The van der Waals surface area contributed by atoms with Crippen molar-refractivity contribution in [1.29, 1.82) is 0 Å². The van der Waals surface area contributed by atoms with E-state index in [0.717, 1.165) is 5.56 Å². The van der Waals surface area contributed by atoms with E-state index in [1.54, 1.807) is 42.5 Å². The van der Waals surface area contributed by atoms with Crippen LogP contribution in [0.2, 0.25) is 0 Å². The van der Waals surface area contributed by atoms with E-state index in [1.165, 1.54) is 12.1 Å². The van der Waals surface area contributed by atoms with Crippen LogP contribution >= 0.6 is 0 Å². The first-order valence-corrected chi connectivity index (χ1v) is 7.96. The molecule has 4 rings (SSSR count). The number of nitro groups is 1. The van der Waals surface area contributed by atoms with Gasteiger partial charge in [0.25, 0.3) is 5.69 Å². The van der Waals surface area contributed by atoms with Crippen LogP contribution in [0.1, 0.15) is 15.9 Å². The fourth-order valence-corrected chi connectivity index (χ4v) is 2.86. The SMILES string of the molecule is O=C1Cc2ccccc2Oc2cc([N+](=O)[O-])cc(Oc3ccccc3)c21. The summed E-state index contributed by atoms with van der Waals surface area (Å²) in [4.78, 5) is 23.6. The molecule has 3 aromatic carbocycles. The van der Waals surface area contributed by atoms with Crippen LogP contribution in [0, 0.1) is 10.1 Å². The predicted molar refractivity (Wildman–Crippen MR) is 94.2 cm³/mol. The van der Waals surface area contributed by atoms with E-state index >= 15 is 0 Å². The van der Waals surface area contributed by atoms with Crippen molar-refractivity contribution >= 4 is 11.5 Å². The molecule has 26 heavy (non-hydrogen) atoms. The molecule has 0 atom stereocenters. The highest BCUT2D eigenvalue weighted by atomic mass is 16.6. The molecular weight excluding hydrogens is 334 g/mol. The quantitative estimate of drug-likeness (QED) is 0.496. The highest BCUT2D eigenvalue weighted by Crippen LogP contribution is 2.42. The van der Waals surface area contributed by atoms with Gasteiger partial charge in [0.05, 0.1) is 17.1 Å². The van der Waals surface area contributed by atoms with Crippen LogP contribution in [0.3, 0.4) is 0 Å². The molecular formula is C20H13NO5. The van der Waals surface area contributed by atoms with E-state index in [1.807, 2.05) is 12.1 Å². The first-order valence-electron chi connectivity index (χ1n) is 7.96. The molecule has 0 radical (unpaired) electrons. The molecule has 6 heteroatoms. The van der Waals surface area contributed by atoms with Crippen molar-refractivity contribution in [3.05, 3.63) is 88.0 Å². The maximum absolute atomic E-state index is 12.8. The first kappa shape index (κ1) is 15.8. The number of carbonyl (C=O) groups excluding carboxylic acids is 1. The molecule has 3 aromatic rings. The Morgan fingerprint density at radius 2 is 1.69 bits per heavy atom. The Labute approximate surface area is 148 Å². The largest absolute Gasteiger partial charge is 0.456 e. The van der Waals surface area contributed by atoms with E-state index in [0.29, 0.717) is 11.5 Å². The zero-order valence-electron chi connectivity index (χ0n) is 13.5. The number of benzene rings is 3. The number of carbonyl (C=O) groups is 1. The topological polar surface area (TPSA) is 78.7 Å². The summed E-state index contributed by atoms with van der Waals surface area (Å²) in [7, 11) is 0. The van der Waals surface area contributed by atoms with E-state index in [2.05, 4.69) is 0 Å². The zero-order valence-corrected chi connectivity index (χ0v) is 13.5. The number of non-ortho nitro benzene ring substituents is 1. The van der Waals surface area contributed by atoms with Gasteiger partial charge in [0.2, 0.25) is 0 Å². The molecule has 1 heterocycles. The van der Waals surface area contributed by atoms with Gasteiger partial charge in [0.1, 0.15) is 28.6 Å². The summed E-state index contributed by atoms with van der Waals surface area (Å²) >= 11 is 0. The Morgan fingerprint density at radius 1 is 0.962 bits per heavy atom. The van der Waals surface area contributed by atoms with Gasteiger partial charge in [-0.1, -0.05) is 36.4 Å². The smallest absolute Gasteiger partial charge is 0.276 e. The Morgan fingerprint density at radius 3 is 2.46 bits per heavy atom. The van der Waals surface area contributed by atoms with Gasteiger partial charge in [0, 0.05) is 12.0 Å². The fourth-order valence-electron chi connectivity index (χ4n) is 2.86. The average molecular weight is 347 g/mol. The number of rotatable bonds is 3. The molecule has 0 saturated carbocycles. The molecule has 0 bridgehead atoms. The Bertz CT molecular complexity index is 1010. The summed E-state index contributed by atoms with van der Waals surface area (Å²) in [6, 6.07) is 18.4. The van der Waals surface area contributed by atoms with Crippen molar-refractivity contribution in [3.8, 4) is 23.0 Å². The van der Waals surface area contributed by atoms with Crippen molar-refractivity contribution in [3.63, 3.8) is 0 Å². The van der Waals surface area contributed by atoms with E-state index < -0.39 is 4.92 Å². The van der Waals surface area contributed by atoms with Gasteiger partial charge in [0.15, 0.2) is 5.78 Å². The lowest BCUT2D eigenvalue weighted by Gasteiger charge is -2.13. The normalized spacial score (nSPS) is 12.4. The molecule has 0 unspecified atom stereocenters. The van der Waals surface area contributed by atoms with Crippen LogP contribution in [0.25, 0.3) is 0 Å². The Balaban J connectivity index is 1.88. The monoisotopic (exact) mass is 347 g/mol. The lowest BCUT2D eigenvalue weighted by Crippen LogP contribution is -2.05. The van der Waals surface area contributed by atoms with Gasteiger partial charge in [-0.15, -0.1) is 0 Å². The summed E-state index contributed by atoms with van der Waals surface area (Å²) in [6.07, 6.45) is 0.131. The maximum Gasteiger partial charge on any atom is 0.276 e. The summed E-state index contributed by atoms with van der Waals surface area (Å²) in [5.41, 5.74) is 0.722. The summed E-state index contributed by atoms with van der Waals surface area (Å²) in [5.74, 6) is 1.000. The van der Waals surface area contributed by atoms with Crippen molar-refractivity contribution in [2.75, 3.05) is 0 Å². The van der Waals surface area contributed by atoms with Crippen LogP contribution in [0.4, 0.5) is 5.69 Å². The Kier molecular flexibility index (Phi) is 3.85. The van der Waals surface area contributed by atoms with Crippen LogP contribution in [0.5, 0.6) is 23.0 Å². The molecule has 0 N–H and O–H groups in total. The average Bonchev–Trinajstić information content (AvgIpc) is 2.78. The summed E-state index contributed by atoms with van der Waals surface area (Å²) in [5, 5.41) is 11.3. The van der Waals surface area contributed by atoms with Gasteiger partial charge in [-0.05, 0) is 18.2 Å². The molecule has 1 aliphatic rings. The fraction of sp³-hybridized carbons (Fsp3) is 0.0500. The number of ether oxygens (including phenoxy) is 2. The number of fused-ring (bicyclic) bond motifs is 2. The van der Waals surface area contributed by atoms with Crippen molar-refractivity contribution in [1.82, 2.24) is 0 Å². The molecule has 0 amide bonds. The van der Waals surface area contributed by atoms with Crippen LogP contribution in [-0.2, 0) is 6.42 Å². The minimum atomic E-state index is -0.539.